The minimum atomic E-state index is -0.201. The van der Waals surface area contributed by atoms with Crippen molar-refractivity contribution in [3.8, 4) is 0 Å². The van der Waals surface area contributed by atoms with E-state index in [9.17, 15) is 5.11 Å². The number of pyridine rings is 2. The zero-order chi connectivity index (χ0) is 24.6. The molecule has 1 saturated heterocycles. The van der Waals surface area contributed by atoms with Crippen LogP contribution in [-0.2, 0) is 0 Å². The molecule has 0 atom stereocenters. The van der Waals surface area contributed by atoms with Crippen molar-refractivity contribution in [3.63, 3.8) is 0 Å². The van der Waals surface area contributed by atoms with Gasteiger partial charge in [-0.15, -0.1) is 0 Å². The molecule has 2 fully saturated rings. The summed E-state index contributed by atoms with van der Waals surface area (Å²) in [6.45, 7) is 2.10. The fourth-order valence-corrected chi connectivity index (χ4v) is 5.81. The van der Waals surface area contributed by atoms with Crippen LogP contribution in [0.1, 0.15) is 44.6 Å². The number of nitrogens with zero attached hydrogens (tertiary/aromatic N) is 7. The first kappa shape index (κ1) is 23.1. The van der Waals surface area contributed by atoms with Crippen molar-refractivity contribution >= 4 is 39.4 Å². The van der Waals surface area contributed by atoms with Gasteiger partial charge in [-0.05, 0) is 70.8 Å². The molecular formula is C27H34N8O. The highest BCUT2D eigenvalue weighted by molar-refractivity contribution is 6.06. The van der Waals surface area contributed by atoms with Gasteiger partial charge >= 0.3 is 0 Å². The maximum absolute atomic E-state index is 10.0. The Hall–Kier alpha value is -3.30. The van der Waals surface area contributed by atoms with E-state index in [1.165, 1.54) is 12.8 Å². The van der Waals surface area contributed by atoms with Crippen LogP contribution in [0.15, 0.2) is 43.0 Å². The van der Waals surface area contributed by atoms with Crippen LogP contribution >= 0.6 is 0 Å². The second kappa shape index (κ2) is 9.63. The summed E-state index contributed by atoms with van der Waals surface area (Å²) in [4.78, 5) is 23.3. The summed E-state index contributed by atoms with van der Waals surface area (Å²) in [5.74, 6) is 1.26. The van der Waals surface area contributed by atoms with Crippen LogP contribution in [0.25, 0.3) is 21.9 Å². The second-order valence-electron chi connectivity index (χ2n) is 10.4. The number of aliphatic hydroxyl groups excluding tert-OH is 1. The smallest absolute Gasteiger partial charge is 0.230 e. The molecule has 9 nitrogen and oxygen atoms in total. The van der Waals surface area contributed by atoms with E-state index in [1.807, 2.05) is 36.9 Å². The number of hydrogen-bond donors (Lipinski definition) is 2. The average Bonchev–Trinajstić information content (AvgIpc) is 3.23. The minimum absolute atomic E-state index is 0.201. The lowest BCUT2D eigenvalue weighted by molar-refractivity contribution is 0.112. The molecule has 0 radical (unpaired) electrons. The summed E-state index contributed by atoms with van der Waals surface area (Å²) in [5.41, 5.74) is 3.12. The van der Waals surface area contributed by atoms with Gasteiger partial charge < -0.3 is 24.8 Å². The third-order valence-corrected chi connectivity index (χ3v) is 7.93. The molecule has 1 aliphatic carbocycles. The van der Waals surface area contributed by atoms with E-state index < -0.39 is 0 Å². The summed E-state index contributed by atoms with van der Waals surface area (Å²) in [6.07, 6.45) is 13.2. The molecular weight excluding hydrogens is 452 g/mol. The normalized spacial score (nSPS) is 21.5. The highest BCUT2D eigenvalue weighted by atomic mass is 16.3. The van der Waals surface area contributed by atoms with E-state index in [0.717, 1.165) is 72.2 Å². The van der Waals surface area contributed by atoms with Gasteiger partial charge in [0.05, 0.1) is 29.7 Å². The van der Waals surface area contributed by atoms with Gasteiger partial charge in [0.2, 0.25) is 5.95 Å². The molecule has 4 aromatic rings. The maximum Gasteiger partial charge on any atom is 0.230 e. The largest absolute Gasteiger partial charge is 0.393 e. The number of aromatic nitrogens is 5. The van der Waals surface area contributed by atoms with Crippen molar-refractivity contribution in [2.75, 3.05) is 37.4 Å². The lowest BCUT2D eigenvalue weighted by Gasteiger charge is -2.36. The Morgan fingerprint density at radius 2 is 1.72 bits per heavy atom. The van der Waals surface area contributed by atoms with Crippen molar-refractivity contribution in [1.82, 2.24) is 29.4 Å². The summed E-state index contributed by atoms with van der Waals surface area (Å²) in [5, 5.41) is 15.5. The third-order valence-electron chi connectivity index (χ3n) is 7.93. The van der Waals surface area contributed by atoms with E-state index in [1.54, 1.807) is 0 Å². The van der Waals surface area contributed by atoms with Gasteiger partial charge in [0, 0.05) is 48.3 Å². The highest BCUT2D eigenvalue weighted by Gasteiger charge is 2.25. The van der Waals surface area contributed by atoms with Gasteiger partial charge in [-0.1, -0.05) is 0 Å². The fraction of sp³-hybridized carbons (Fsp3) is 0.481. The lowest BCUT2D eigenvalue weighted by atomic mass is 9.93. The number of hydrogen-bond acceptors (Lipinski definition) is 8. The number of anilines is 3. The topological polar surface area (TPSA) is 95.2 Å². The fourth-order valence-electron chi connectivity index (χ4n) is 5.81. The molecule has 2 aliphatic rings. The van der Waals surface area contributed by atoms with Gasteiger partial charge in [-0.2, -0.15) is 4.98 Å². The van der Waals surface area contributed by atoms with E-state index in [4.69, 9.17) is 4.98 Å². The molecule has 0 amide bonds. The van der Waals surface area contributed by atoms with Crippen LogP contribution in [0.4, 0.5) is 17.5 Å². The van der Waals surface area contributed by atoms with Crippen molar-refractivity contribution in [3.05, 3.63) is 43.0 Å². The van der Waals surface area contributed by atoms with Crippen LogP contribution in [-0.4, -0.2) is 73.8 Å². The van der Waals surface area contributed by atoms with Gasteiger partial charge in [0.1, 0.15) is 11.5 Å². The molecule has 0 unspecified atom stereocenters. The van der Waals surface area contributed by atoms with E-state index in [2.05, 4.69) is 54.8 Å². The Balaban J connectivity index is 1.25. The number of rotatable bonds is 5. The quantitative estimate of drug-likeness (QED) is 0.435. The predicted molar refractivity (Wildman–Crippen MR) is 143 cm³/mol. The first-order valence-electron chi connectivity index (χ1n) is 13.0. The zero-order valence-electron chi connectivity index (χ0n) is 21.0. The SMILES string of the molecule is CN(C)C1CCN(c2ccc(Nc3ncc4c5ccncc5n(C5CCC(O)CC5)c4n3)nc2)CC1. The molecule has 1 saturated carbocycles. The Morgan fingerprint density at radius 3 is 2.44 bits per heavy atom. The third kappa shape index (κ3) is 4.37. The minimum Gasteiger partial charge on any atom is -0.393 e. The molecule has 5 heterocycles. The highest BCUT2D eigenvalue weighted by Crippen LogP contribution is 2.37. The van der Waals surface area contributed by atoms with E-state index in [-0.39, 0.29) is 12.1 Å². The second-order valence-corrected chi connectivity index (χ2v) is 10.4. The van der Waals surface area contributed by atoms with Gasteiger partial charge in [-0.3, -0.25) is 4.98 Å². The molecule has 9 heteroatoms. The molecule has 0 spiro atoms. The Morgan fingerprint density at radius 1 is 0.917 bits per heavy atom. The Bertz CT molecular complexity index is 1340. The summed E-state index contributed by atoms with van der Waals surface area (Å²) >= 11 is 0. The summed E-state index contributed by atoms with van der Waals surface area (Å²) < 4.78 is 2.30. The van der Waals surface area contributed by atoms with Crippen LogP contribution < -0.4 is 10.2 Å². The number of aliphatic hydroxyl groups is 1. The standard InChI is InChI=1S/C27H34N8O/c1-33(2)18-10-13-34(14-11-18)20-5-8-25(29-15-20)31-27-30-16-23-22-9-12-28-17-24(22)35(26(23)32-27)19-3-6-21(36)7-4-19/h5,8-9,12,15-19,21,36H,3-4,6-7,10-11,13-14H2,1-2H3,(H,29,30,31,32). The average molecular weight is 487 g/mol. The van der Waals surface area contributed by atoms with Gasteiger partial charge in [-0.25, -0.2) is 9.97 Å². The van der Waals surface area contributed by atoms with Crippen LogP contribution in [0, 0.1) is 0 Å². The van der Waals surface area contributed by atoms with Crippen molar-refractivity contribution < 1.29 is 5.11 Å². The summed E-state index contributed by atoms with van der Waals surface area (Å²) in [7, 11) is 4.33. The maximum atomic E-state index is 10.0. The Labute approximate surface area is 211 Å². The van der Waals surface area contributed by atoms with Crippen molar-refractivity contribution in [2.45, 2.75) is 56.7 Å². The van der Waals surface area contributed by atoms with Gasteiger partial charge in [0.15, 0.2) is 0 Å². The van der Waals surface area contributed by atoms with Crippen molar-refractivity contribution in [2.24, 2.45) is 0 Å². The molecule has 2 N–H and O–H groups in total. The molecule has 36 heavy (non-hydrogen) atoms. The molecule has 1 aliphatic heterocycles. The molecule has 0 bridgehead atoms. The van der Waals surface area contributed by atoms with Crippen LogP contribution in [0.3, 0.4) is 0 Å². The zero-order valence-corrected chi connectivity index (χ0v) is 21.0. The molecule has 4 aromatic heterocycles. The Kier molecular flexibility index (Phi) is 6.18. The van der Waals surface area contributed by atoms with E-state index in [0.29, 0.717) is 12.0 Å². The molecule has 0 aromatic carbocycles. The van der Waals surface area contributed by atoms with Gasteiger partial charge in [0.25, 0.3) is 0 Å². The lowest BCUT2D eigenvalue weighted by Crippen LogP contribution is -2.42. The monoisotopic (exact) mass is 486 g/mol. The first-order valence-corrected chi connectivity index (χ1v) is 13.0. The molecule has 6 rings (SSSR count). The summed E-state index contributed by atoms with van der Waals surface area (Å²) in [6, 6.07) is 7.11. The van der Waals surface area contributed by atoms with Crippen LogP contribution in [0.5, 0.6) is 0 Å². The molecule has 188 valence electrons. The number of piperidine rings is 1. The predicted octanol–water partition coefficient (Wildman–Crippen LogP) is 4.12. The van der Waals surface area contributed by atoms with Crippen LogP contribution in [0.2, 0.25) is 0 Å². The number of nitrogens with one attached hydrogen (secondary N) is 1. The number of fused-ring (bicyclic) bond motifs is 3. The first-order chi connectivity index (χ1) is 17.6. The van der Waals surface area contributed by atoms with Crippen molar-refractivity contribution in [1.29, 1.82) is 0 Å². The van der Waals surface area contributed by atoms with E-state index >= 15 is 0 Å².